The maximum Gasteiger partial charge on any atom is 0.342 e. The first-order valence-electron chi connectivity index (χ1n) is 13.7. The Morgan fingerprint density at radius 1 is 0.732 bits per heavy atom. The molecule has 0 bridgehead atoms. The Hall–Kier alpha value is -2.44. The molecule has 9 heteroatoms. The van der Waals surface area contributed by atoms with Crippen LogP contribution in [-0.2, 0) is 29.2 Å². The molecule has 0 aromatic heterocycles. The van der Waals surface area contributed by atoms with Gasteiger partial charge in [-0.15, -0.1) is 0 Å². The summed E-state index contributed by atoms with van der Waals surface area (Å²) in [6.07, 6.45) is 5.11. The summed E-state index contributed by atoms with van der Waals surface area (Å²) in [6.45, 7) is 2.24. The van der Waals surface area contributed by atoms with Gasteiger partial charge in [-0.05, 0) is 86.1 Å². The van der Waals surface area contributed by atoms with Gasteiger partial charge in [-0.25, -0.2) is 4.79 Å². The number of hydrogen-bond donors (Lipinski definition) is 0. The number of halogens is 4. The van der Waals surface area contributed by atoms with E-state index >= 15 is 0 Å². The van der Waals surface area contributed by atoms with Crippen molar-refractivity contribution in [2.45, 2.75) is 77.6 Å². The molecule has 4 rings (SSSR count). The molecule has 1 aliphatic rings. The van der Waals surface area contributed by atoms with Crippen LogP contribution >= 0.6 is 46.4 Å². The first-order valence-corrected chi connectivity index (χ1v) is 15.2. The third-order valence-corrected chi connectivity index (χ3v) is 8.38. The van der Waals surface area contributed by atoms with Crippen molar-refractivity contribution in [1.82, 2.24) is 0 Å². The van der Waals surface area contributed by atoms with E-state index in [1.807, 2.05) is 25.1 Å². The molecular weight excluding hydrogens is 606 g/mol. The van der Waals surface area contributed by atoms with Gasteiger partial charge in [-0.2, -0.15) is 0 Å². The number of rotatable bonds is 6. The summed E-state index contributed by atoms with van der Waals surface area (Å²) in [6, 6.07) is 14.1. The van der Waals surface area contributed by atoms with E-state index in [0.717, 1.165) is 36.0 Å². The van der Waals surface area contributed by atoms with Crippen molar-refractivity contribution < 1.29 is 23.8 Å². The van der Waals surface area contributed by atoms with Gasteiger partial charge in [0.2, 0.25) is 0 Å². The zero-order chi connectivity index (χ0) is 29.4. The quantitative estimate of drug-likeness (QED) is 0.252. The Morgan fingerprint density at radius 3 is 2.00 bits per heavy atom. The molecule has 5 nitrogen and oxygen atoms in total. The Morgan fingerprint density at radius 2 is 1.34 bits per heavy atom. The molecule has 0 fully saturated rings. The molecular formula is C32H32Cl4O5. The maximum absolute atomic E-state index is 13.6. The fraction of sp³-hybridized carbons (Fsp3) is 0.375. The third-order valence-electron chi connectivity index (χ3n) is 6.91. The van der Waals surface area contributed by atoms with Crippen LogP contribution in [0.15, 0.2) is 48.5 Å². The number of hydrogen-bond acceptors (Lipinski definition) is 5. The zero-order valence-corrected chi connectivity index (χ0v) is 25.8. The highest BCUT2D eigenvalue weighted by atomic mass is 35.5. The number of cyclic esters (lactones) is 1. The number of benzene rings is 3. The molecule has 1 heterocycles. The van der Waals surface area contributed by atoms with Crippen LogP contribution in [-0.4, -0.2) is 17.9 Å². The molecule has 0 unspecified atom stereocenters. The molecule has 0 radical (unpaired) electrons. The number of ether oxygens (including phenoxy) is 3. The van der Waals surface area contributed by atoms with E-state index in [1.165, 1.54) is 0 Å². The van der Waals surface area contributed by atoms with Crippen LogP contribution in [0.25, 0.3) is 0 Å². The largest absolute Gasteiger partial charge is 0.489 e. The highest BCUT2D eigenvalue weighted by molar-refractivity contribution is 6.42. The van der Waals surface area contributed by atoms with Gasteiger partial charge in [0.05, 0.1) is 26.2 Å². The summed E-state index contributed by atoms with van der Waals surface area (Å²) in [4.78, 5) is 25.8. The van der Waals surface area contributed by atoms with Gasteiger partial charge in [0.1, 0.15) is 36.1 Å². The first kappa shape index (κ1) is 31.5. The van der Waals surface area contributed by atoms with Crippen molar-refractivity contribution in [1.29, 1.82) is 0 Å². The van der Waals surface area contributed by atoms with Gasteiger partial charge in [0.15, 0.2) is 0 Å². The molecule has 0 saturated carbocycles. The summed E-state index contributed by atoms with van der Waals surface area (Å²) in [7, 11) is 0. The number of fused-ring (bicyclic) bond motifs is 1. The minimum absolute atomic E-state index is 0.157. The average molecular weight is 638 g/mol. The van der Waals surface area contributed by atoms with E-state index < -0.39 is 5.97 Å². The summed E-state index contributed by atoms with van der Waals surface area (Å²) < 4.78 is 18.2. The van der Waals surface area contributed by atoms with Crippen LogP contribution in [0.3, 0.4) is 0 Å². The number of Topliss-reactive ketones (excluding diaryl/α,β-unsaturated/α-hetero) is 1. The molecule has 0 amide bonds. The topological polar surface area (TPSA) is 61.8 Å². The van der Waals surface area contributed by atoms with Gasteiger partial charge in [-0.1, -0.05) is 65.0 Å². The van der Waals surface area contributed by atoms with E-state index in [9.17, 15) is 9.59 Å². The minimum Gasteiger partial charge on any atom is -0.489 e. The Balaban J connectivity index is 1.66. The number of aryl methyl sites for hydroxylation is 1. The van der Waals surface area contributed by atoms with Gasteiger partial charge in [0.25, 0.3) is 0 Å². The molecule has 0 N–H and O–H groups in total. The third kappa shape index (κ3) is 9.27. The lowest BCUT2D eigenvalue weighted by Gasteiger charge is -2.20. The van der Waals surface area contributed by atoms with E-state index in [2.05, 4.69) is 0 Å². The highest BCUT2D eigenvalue weighted by Crippen LogP contribution is 2.34. The van der Waals surface area contributed by atoms with Crippen molar-refractivity contribution in [3.05, 3.63) is 90.9 Å². The van der Waals surface area contributed by atoms with Crippen LogP contribution in [0.4, 0.5) is 0 Å². The maximum atomic E-state index is 13.6. The lowest BCUT2D eigenvalue weighted by Crippen LogP contribution is -2.18. The standard InChI is InChI=1S/C32H32Cl4O5/c1-20-6-5-9-24(37)8-4-2-3-7-23-16-25(39-18-21-10-12-26(33)28(35)14-21)17-30(31(23)32(38)41-20)40-19-22-11-13-27(34)29(36)15-22/h10-17,20H,2-9,18-19H2,1H3/t20-/m1/s1. The summed E-state index contributed by atoms with van der Waals surface area (Å²) in [5.74, 6) is 0.696. The summed E-state index contributed by atoms with van der Waals surface area (Å²) in [5.41, 5.74) is 2.78. The number of ketones is 1. The first-order chi connectivity index (χ1) is 19.7. The van der Waals surface area contributed by atoms with Crippen molar-refractivity contribution in [3.8, 4) is 11.5 Å². The minimum atomic E-state index is -0.462. The van der Waals surface area contributed by atoms with Crippen molar-refractivity contribution in [2.24, 2.45) is 0 Å². The second-order valence-corrected chi connectivity index (χ2v) is 11.9. The lowest BCUT2D eigenvalue weighted by molar-refractivity contribution is -0.119. The number of carbonyl (C=O) groups excluding carboxylic acids is 2. The average Bonchev–Trinajstić information content (AvgIpc) is 2.93. The fourth-order valence-electron chi connectivity index (χ4n) is 4.68. The lowest BCUT2D eigenvalue weighted by atomic mass is 9.98. The molecule has 3 aromatic rings. The predicted octanol–water partition coefficient (Wildman–Crippen LogP) is 9.86. The molecule has 0 aliphatic carbocycles. The SMILES string of the molecule is C[C@@H]1CCCC(=O)CCCCCc2cc(OCc3ccc(Cl)c(Cl)c3)cc(OCc3ccc(Cl)c(Cl)c3)c2C(=O)O1. The summed E-state index contributed by atoms with van der Waals surface area (Å²) in [5, 5.41) is 1.77. The van der Waals surface area contributed by atoms with Gasteiger partial charge in [0, 0.05) is 18.9 Å². The van der Waals surface area contributed by atoms with Gasteiger partial charge >= 0.3 is 5.97 Å². The molecule has 3 aromatic carbocycles. The van der Waals surface area contributed by atoms with Gasteiger partial charge < -0.3 is 14.2 Å². The van der Waals surface area contributed by atoms with Crippen LogP contribution in [0.5, 0.6) is 11.5 Å². The van der Waals surface area contributed by atoms with Crippen LogP contribution in [0.1, 0.15) is 78.9 Å². The highest BCUT2D eigenvalue weighted by Gasteiger charge is 2.24. The molecule has 1 aliphatic heterocycles. The number of esters is 1. The normalized spacial score (nSPS) is 16.9. The zero-order valence-electron chi connectivity index (χ0n) is 22.8. The molecule has 218 valence electrons. The van der Waals surface area contributed by atoms with Crippen LogP contribution in [0, 0.1) is 0 Å². The molecule has 41 heavy (non-hydrogen) atoms. The Labute approximate surface area is 261 Å². The van der Waals surface area contributed by atoms with E-state index in [-0.39, 0.29) is 25.1 Å². The van der Waals surface area contributed by atoms with Crippen molar-refractivity contribution >= 4 is 58.2 Å². The number of carbonyl (C=O) groups is 2. The van der Waals surface area contributed by atoms with Crippen molar-refractivity contribution in [3.63, 3.8) is 0 Å². The fourth-order valence-corrected chi connectivity index (χ4v) is 5.33. The molecule has 1 atom stereocenters. The smallest absolute Gasteiger partial charge is 0.342 e. The van der Waals surface area contributed by atoms with E-state index in [4.69, 9.17) is 60.6 Å². The Bertz CT molecular complexity index is 1390. The second kappa shape index (κ2) is 15.2. The van der Waals surface area contributed by atoms with E-state index in [1.54, 1.807) is 30.3 Å². The monoisotopic (exact) mass is 636 g/mol. The summed E-state index contributed by atoms with van der Waals surface area (Å²) >= 11 is 24.5. The van der Waals surface area contributed by atoms with Crippen molar-refractivity contribution in [2.75, 3.05) is 0 Å². The van der Waals surface area contributed by atoms with E-state index in [0.29, 0.717) is 69.3 Å². The second-order valence-electron chi connectivity index (χ2n) is 10.2. The Kier molecular flexibility index (Phi) is 11.6. The molecule has 0 spiro atoms. The van der Waals surface area contributed by atoms with Crippen LogP contribution in [0.2, 0.25) is 20.1 Å². The predicted molar refractivity (Wildman–Crippen MR) is 164 cm³/mol. The molecule has 0 saturated heterocycles. The van der Waals surface area contributed by atoms with Crippen LogP contribution < -0.4 is 9.47 Å². The van der Waals surface area contributed by atoms with Gasteiger partial charge in [-0.3, -0.25) is 4.79 Å².